The highest BCUT2D eigenvalue weighted by molar-refractivity contribution is 5.55. The third kappa shape index (κ3) is 2.22. The summed E-state index contributed by atoms with van der Waals surface area (Å²) in [5.41, 5.74) is 6.70. The van der Waals surface area contributed by atoms with Crippen LogP contribution in [0.25, 0.3) is 11.4 Å². The van der Waals surface area contributed by atoms with Gasteiger partial charge in [0.25, 0.3) is 0 Å². The molecule has 1 aromatic carbocycles. The summed E-state index contributed by atoms with van der Waals surface area (Å²) in [6.45, 7) is 6.78. The van der Waals surface area contributed by atoms with Gasteiger partial charge in [0.15, 0.2) is 5.82 Å². The minimum absolute atomic E-state index is 0.0800. The molecule has 4 heteroatoms. The number of nitrogens with two attached hydrogens (primary N) is 1. The number of nitrogens with zero attached hydrogens (tertiary/aromatic N) is 3. The lowest BCUT2D eigenvalue weighted by Crippen LogP contribution is -2.26. The Labute approximate surface area is 101 Å². The largest absolute Gasteiger partial charge is 0.324 e. The van der Waals surface area contributed by atoms with Crippen LogP contribution in [-0.2, 0) is 12.1 Å². The molecule has 4 nitrogen and oxygen atoms in total. The van der Waals surface area contributed by atoms with Gasteiger partial charge in [-0.05, 0) is 20.8 Å². The molecule has 0 atom stereocenters. The summed E-state index contributed by atoms with van der Waals surface area (Å²) in [6.07, 6.45) is 0. The van der Waals surface area contributed by atoms with Crippen molar-refractivity contribution in [3.8, 4) is 11.4 Å². The highest BCUT2D eigenvalue weighted by atomic mass is 15.3. The molecule has 1 aromatic heterocycles. The van der Waals surface area contributed by atoms with Gasteiger partial charge in [0.05, 0.1) is 6.54 Å². The molecule has 2 N–H and O–H groups in total. The van der Waals surface area contributed by atoms with E-state index in [-0.39, 0.29) is 5.54 Å². The molecule has 0 fully saturated rings. The SMILES string of the molecule is CC(C)(C)n1c(CN)nnc1-c1ccccc1. The van der Waals surface area contributed by atoms with Crippen LogP contribution in [0.1, 0.15) is 26.6 Å². The summed E-state index contributed by atoms with van der Waals surface area (Å²) in [7, 11) is 0. The van der Waals surface area contributed by atoms with Crippen molar-refractivity contribution in [3.63, 3.8) is 0 Å². The Kier molecular flexibility index (Phi) is 2.98. The maximum absolute atomic E-state index is 5.72. The highest BCUT2D eigenvalue weighted by Gasteiger charge is 2.22. The molecular weight excluding hydrogens is 212 g/mol. The molecule has 0 spiro atoms. The Morgan fingerprint density at radius 1 is 1.12 bits per heavy atom. The maximum atomic E-state index is 5.72. The lowest BCUT2D eigenvalue weighted by Gasteiger charge is -2.24. The first-order valence-corrected chi connectivity index (χ1v) is 5.74. The van der Waals surface area contributed by atoms with E-state index in [0.29, 0.717) is 6.54 Å². The van der Waals surface area contributed by atoms with Crippen LogP contribution in [0.2, 0.25) is 0 Å². The van der Waals surface area contributed by atoms with Gasteiger partial charge in [-0.25, -0.2) is 0 Å². The van der Waals surface area contributed by atoms with E-state index in [1.807, 2.05) is 30.3 Å². The molecule has 0 amide bonds. The standard InChI is InChI=1S/C13H18N4/c1-13(2,3)17-11(9-14)15-16-12(17)10-7-5-4-6-8-10/h4-8H,9,14H2,1-3H3. The van der Waals surface area contributed by atoms with Crippen molar-refractivity contribution in [1.82, 2.24) is 14.8 Å². The summed E-state index contributed by atoms with van der Waals surface area (Å²) in [5.74, 6) is 1.69. The molecule has 2 rings (SSSR count). The molecule has 0 radical (unpaired) electrons. The zero-order valence-electron chi connectivity index (χ0n) is 10.5. The number of aromatic nitrogens is 3. The Bertz CT molecular complexity index is 494. The molecule has 2 aromatic rings. The second kappa shape index (κ2) is 4.30. The molecule has 0 aliphatic carbocycles. The first-order valence-electron chi connectivity index (χ1n) is 5.74. The number of hydrogen-bond donors (Lipinski definition) is 1. The summed E-state index contributed by atoms with van der Waals surface area (Å²) in [6, 6.07) is 10.1. The fraction of sp³-hybridized carbons (Fsp3) is 0.385. The molecule has 0 aliphatic heterocycles. The van der Waals surface area contributed by atoms with Gasteiger partial charge in [-0.2, -0.15) is 0 Å². The predicted molar refractivity (Wildman–Crippen MR) is 68.3 cm³/mol. The van der Waals surface area contributed by atoms with Crippen molar-refractivity contribution in [1.29, 1.82) is 0 Å². The van der Waals surface area contributed by atoms with Gasteiger partial charge in [-0.3, -0.25) is 0 Å². The number of hydrogen-bond acceptors (Lipinski definition) is 3. The molecule has 0 saturated carbocycles. The second-order valence-electron chi connectivity index (χ2n) is 5.02. The van der Waals surface area contributed by atoms with Gasteiger partial charge >= 0.3 is 0 Å². The minimum atomic E-state index is -0.0800. The van der Waals surface area contributed by atoms with Gasteiger partial charge < -0.3 is 10.3 Å². The van der Waals surface area contributed by atoms with E-state index in [1.54, 1.807) is 0 Å². The fourth-order valence-corrected chi connectivity index (χ4v) is 1.93. The monoisotopic (exact) mass is 230 g/mol. The van der Waals surface area contributed by atoms with Crippen LogP contribution in [0.15, 0.2) is 30.3 Å². The zero-order valence-corrected chi connectivity index (χ0v) is 10.5. The lowest BCUT2D eigenvalue weighted by molar-refractivity contribution is 0.386. The average Bonchev–Trinajstić information content (AvgIpc) is 2.73. The lowest BCUT2D eigenvalue weighted by atomic mass is 10.1. The smallest absolute Gasteiger partial charge is 0.164 e. The van der Waals surface area contributed by atoms with Crippen LogP contribution in [0, 0.1) is 0 Å². The van der Waals surface area contributed by atoms with Crippen LogP contribution in [-0.4, -0.2) is 14.8 Å². The third-order valence-electron chi connectivity index (χ3n) is 2.62. The molecule has 0 bridgehead atoms. The van der Waals surface area contributed by atoms with Gasteiger partial charge in [0.1, 0.15) is 5.82 Å². The Morgan fingerprint density at radius 2 is 1.76 bits per heavy atom. The van der Waals surface area contributed by atoms with E-state index in [9.17, 15) is 0 Å². The van der Waals surface area contributed by atoms with E-state index in [4.69, 9.17) is 5.73 Å². The van der Waals surface area contributed by atoms with Gasteiger partial charge in [-0.15, -0.1) is 10.2 Å². The molecule has 0 aliphatic rings. The third-order valence-corrected chi connectivity index (χ3v) is 2.62. The van der Waals surface area contributed by atoms with E-state index >= 15 is 0 Å². The molecule has 0 unspecified atom stereocenters. The average molecular weight is 230 g/mol. The van der Waals surface area contributed by atoms with E-state index in [2.05, 4.69) is 35.5 Å². The maximum Gasteiger partial charge on any atom is 0.164 e. The Morgan fingerprint density at radius 3 is 2.29 bits per heavy atom. The van der Waals surface area contributed by atoms with Gasteiger partial charge in [0, 0.05) is 11.1 Å². The first kappa shape index (κ1) is 11.8. The summed E-state index contributed by atoms with van der Waals surface area (Å²) >= 11 is 0. The van der Waals surface area contributed by atoms with Crippen molar-refractivity contribution in [2.75, 3.05) is 0 Å². The first-order chi connectivity index (χ1) is 8.04. The molecule has 0 saturated heterocycles. The van der Waals surface area contributed by atoms with Crippen molar-refractivity contribution in [2.45, 2.75) is 32.9 Å². The van der Waals surface area contributed by atoms with E-state index in [1.165, 1.54) is 0 Å². The van der Waals surface area contributed by atoms with Crippen LogP contribution in [0.5, 0.6) is 0 Å². The van der Waals surface area contributed by atoms with Crippen molar-refractivity contribution >= 4 is 0 Å². The zero-order chi connectivity index (χ0) is 12.5. The topological polar surface area (TPSA) is 56.7 Å². The molecule has 1 heterocycles. The normalized spacial score (nSPS) is 11.8. The summed E-state index contributed by atoms with van der Waals surface area (Å²) in [5, 5.41) is 8.42. The van der Waals surface area contributed by atoms with Crippen LogP contribution < -0.4 is 5.73 Å². The second-order valence-corrected chi connectivity index (χ2v) is 5.02. The van der Waals surface area contributed by atoms with Crippen LogP contribution in [0.3, 0.4) is 0 Å². The molecule has 90 valence electrons. The van der Waals surface area contributed by atoms with Crippen molar-refractivity contribution in [3.05, 3.63) is 36.2 Å². The van der Waals surface area contributed by atoms with Gasteiger partial charge in [-0.1, -0.05) is 30.3 Å². The predicted octanol–water partition coefficient (Wildman–Crippen LogP) is 2.16. The minimum Gasteiger partial charge on any atom is -0.324 e. The van der Waals surface area contributed by atoms with Crippen LogP contribution >= 0.6 is 0 Å². The molecular formula is C13H18N4. The Balaban J connectivity index is 2.60. The summed E-state index contributed by atoms with van der Waals surface area (Å²) in [4.78, 5) is 0. The Hall–Kier alpha value is -1.68. The van der Waals surface area contributed by atoms with Crippen LogP contribution in [0.4, 0.5) is 0 Å². The van der Waals surface area contributed by atoms with Gasteiger partial charge in [0.2, 0.25) is 0 Å². The highest BCUT2D eigenvalue weighted by Crippen LogP contribution is 2.25. The fourth-order valence-electron chi connectivity index (χ4n) is 1.93. The van der Waals surface area contributed by atoms with Crippen molar-refractivity contribution in [2.24, 2.45) is 5.73 Å². The number of rotatable bonds is 2. The van der Waals surface area contributed by atoms with Crippen molar-refractivity contribution < 1.29 is 0 Å². The number of benzene rings is 1. The summed E-state index contributed by atoms with van der Waals surface area (Å²) < 4.78 is 2.10. The van der Waals surface area contributed by atoms with E-state index < -0.39 is 0 Å². The quantitative estimate of drug-likeness (QED) is 0.860. The van der Waals surface area contributed by atoms with E-state index in [0.717, 1.165) is 17.2 Å². The molecule has 17 heavy (non-hydrogen) atoms.